The minimum atomic E-state index is -0.156. The molecule has 5 heterocycles. The summed E-state index contributed by atoms with van der Waals surface area (Å²) >= 11 is 14.2. The number of carbonyl (C=O) groups is 2. The molecule has 2 fully saturated rings. The minimum Gasteiger partial charge on any atom is -0.481 e. The zero-order valence-corrected chi connectivity index (χ0v) is 30.4. The van der Waals surface area contributed by atoms with E-state index in [-0.39, 0.29) is 29.5 Å². The van der Waals surface area contributed by atoms with E-state index < -0.39 is 0 Å². The van der Waals surface area contributed by atoms with Gasteiger partial charge < -0.3 is 25.6 Å². The van der Waals surface area contributed by atoms with Gasteiger partial charge in [0.05, 0.1) is 22.8 Å². The molecule has 2 aromatic carbocycles. The van der Waals surface area contributed by atoms with Crippen LogP contribution in [0.1, 0.15) is 36.8 Å². The number of likely N-dealkylation sites (tertiary alicyclic amines) is 1. The van der Waals surface area contributed by atoms with Crippen molar-refractivity contribution in [2.75, 3.05) is 27.2 Å². The van der Waals surface area contributed by atoms with Gasteiger partial charge in [0.15, 0.2) is 0 Å². The molecule has 2 aliphatic rings. The van der Waals surface area contributed by atoms with E-state index in [4.69, 9.17) is 32.9 Å². The fraction of sp³-hybridized carbons (Fsp3) is 0.308. The van der Waals surface area contributed by atoms with E-state index in [1.165, 1.54) is 4.40 Å². The van der Waals surface area contributed by atoms with Crippen LogP contribution in [0.3, 0.4) is 0 Å². The molecule has 2 saturated heterocycles. The van der Waals surface area contributed by atoms with Gasteiger partial charge in [0, 0.05) is 104 Å². The first-order valence-electron chi connectivity index (χ1n) is 17.3. The average molecular weight is 741 g/mol. The lowest BCUT2D eigenvalue weighted by molar-refractivity contribution is -0.127. The molecule has 2 amide bonds. The standard InChI is InChI=1S/C39H39Cl2N7O4/c1-47-27(11-14-35(47)50)22-43-19-25-20-44-33-17-23(15-16-48(33)39(25)51)28-5-3-6-29(36(28)40)30-7-4-8-31(37(30)41)32-12-9-24(38(46-32)52-2)18-42-21-26-10-13-34(49)45-26/h3-9,12,15-17,20,26-27,42-43H,10-11,13-14,18-19,21-22H2,1-2H3,(H,45,49)/t26-,27?/m1/s1. The Bertz CT molecular complexity index is 2230. The fourth-order valence-electron chi connectivity index (χ4n) is 6.92. The summed E-state index contributed by atoms with van der Waals surface area (Å²) in [6.45, 7) is 2.18. The van der Waals surface area contributed by atoms with Crippen molar-refractivity contribution < 1.29 is 14.3 Å². The van der Waals surface area contributed by atoms with Crippen LogP contribution >= 0.6 is 23.2 Å². The maximum Gasteiger partial charge on any atom is 0.262 e. The molecule has 3 N–H and O–H groups in total. The number of halogens is 2. The van der Waals surface area contributed by atoms with Crippen molar-refractivity contribution in [3.8, 4) is 39.4 Å². The van der Waals surface area contributed by atoms with Crippen LogP contribution in [-0.4, -0.2) is 70.4 Å². The Labute approximate surface area is 311 Å². The molecule has 0 aliphatic carbocycles. The smallest absolute Gasteiger partial charge is 0.262 e. The van der Waals surface area contributed by atoms with Gasteiger partial charge in [0.2, 0.25) is 17.7 Å². The third kappa shape index (κ3) is 7.27. The van der Waals surface area contributed by atoms with Crippen molar-refractivity contribution in [2.45, 2.75) is 50.9 Å². The summed E-state index contributed by atoms with van der Waals surface area (Å²) in [6, 6.07) is 19.4. The summed E-state index contributed by atoms with van der Waals surface area (Å²) in [4.78, 5) is 47.8. The van der Waals surface area contributed by atoms with Gasteiger partial charge in [0.25, 0.3) is 5.56 Å². The quantitative estimate of drug-likeness (QED) is 0.153. The number of pyridine rings is 2. The SMILES string of the molecule is COc1nc(-c2cccc(-c3cccc(-c4ccn5c(=O)c(CNCC6CCC(=O)N6C)cnc5c4)c3Cl)c2Cl)ccc1CNC[C@H]1CCC(=O)N1. The minimum absolute atomic E-state index is 0.0922. The number of carbonyl (C=O) groups excluding carboxylic acids is 2. The normalized spacial score (nSPS) is 17.3. The van der Waals surface area contributed by atoms with E-state index >= 15 is 0 Å². The lowest BCUT2D eigenvalue weighted by atomic mass is 9.97. The van der Waals surface area contributed by atoms with Crippen LogP contribution in [0.2, 0.25) is 10.0 Å². The maximum atomic E-state index is 13.3. The molecule has 0 spiro atoms. The number of hydrogen-bond acceptors (Lipinski definition) is 8. The molecular weight excluding hydrogens is 701 g/mol. The first kappa shape index (κ1) is 35.6. The van der Waals surface area contributed by atoms with Gasteiger partial charge in [-0.25, -0.2) is 9.97 Å². The number of nitrogens with one attached hydrogen (secondary N) is 3. The highest BCUT2D eigenvalue weighted by Crippen LogP contribution is 2.42. The van der Waals surface area contributed by atoms with Crippen LogP contribution in [0.5, 0.6) is 5.88 Å². The van der Waals surface area contributed by atoms with Gasteiger partial charge in [0.1, 0.15) is 5.65 Å². The molecule has 1 unspecified atom stereocenters. The molecule has 13 heteroatoms. The number of aromatic nitrogens is 3. The number of amides is 2. The van der Waals surface area contributed by atoms with Crippen LogP contribution < -0.4 is 26.2 Å². The van der Waals surface area contributed by atoms with Crippen molar-refractivity contribution in [3.63, 3.8) is 0 Å². The zero-order valence-electron chi connectivity index (χ0n) is 28.9. The molecule has 52 heavy (non-hydrogen) atoms. The van der Waals surface area contributed by atoms with Crippen LogP contribution in [-0.2, 0) is 22.7 Å². The molecule has 2 aliphatic heterocycles. The van der Waals surface area contributed by atoms with Gasteiger partial charge in [-0.05, 0) is 36.6 Å². The molecule has 7 rings (SSSR count). The van der Waals surface area contributed by atoms with Gasteiger partial charge in [-0.2, -0.15) is 0 Å². The van der Waals surface area contributed by atoms with Crippen molar-refractivity contribution in [3.05, 3.63) is 105 Å². The molecule has 268 valence electrons. The predicted molar refractivity (Wildman–Crippen MR) is 203 cm³/mol. The van der Waals surface area contributed by atoms with Crippen molar-refractivity contribution in [1.82, 2.24) is 35.2 Å². The number of ether oxygens (including phenoxy) is 1. The predicted octanol–water partition coefficient (Wildman–Crippen LogP) is 5.48. The number of hydrogen-bond donors (Lipinski definition) is 3. The number of rotatable bonds is 12. The van der Waals surface area contributed by atoms with Crippen LogP contribution in [0.15, 0.2) is 77.9 Å². The average Bonchev–Trinajstić information content (AvgIpc) is 3.72. The number of likely N-dealkylation sites (N-methyl/N-ethyl adjacent to an activating group) is 1. The number of benzene rings is 2. The van der Waals surface area contributed by atoms with Crippen LogP contribution in [0.4, 0.5) is 0 Å². The van der Waals surface area contributed by atoms with Crippen molar-refractivity contribution >= 4 is 40.7 Å². The summed E-state index contributed by atoms with van der Waals surface area (Å²) in [5.74, 6) is 0.731. The van der Waals surface area contributed by atoms with E-state index in [0.717, 1.165) is 46.2 Å². The summed E-state index contributed by atoms with van der Waals surface area (Å²) in [7, 11) is 3.41. The Hall–Kier alpha value is -4.81. The molecule has 3 aromatic heterocycles. The second-order valence-electron chi connectivity index (χ2n) is 13.2. The summed E-state index contributed by atoms with van der Waals surface area (Å²) in [5.41, 5.74) is 6.24. The maximum absolute atomic E-state index is 13.3. The van der Waals surface area contributed by atoms with E-state index in [9.17, 15) is 14.4 Å². The molecule has 0 radical (unpaired) electrons. The third-order valence-corrected chi connectivity index (χ3v) is 10.7. The Balaban J connectivity index is 1.10. The highest BCUT2D eigenvalue weighted by Gasteiger charge is 2.27. The Morgan fingerprint density at radius 3 is 2.29 bits per heavy atom. The highest BCUT2D eigenvalue weighted by atomic mass is 35.5. The molecule has 0 saturated carbocycles. The van der Waals surface area contributed by atoms with E-state index in [0.29, 0.717) is 71.9 Å². The summed E-state index contributed by atoms with van der Waals surface area (Å²) in [5, 5.41) is 10.7. The third-order valence-electron chi connectivity index (χ3n) is 9.91. The number of nitrogens with zero attached hydrogens (tertiary/aromatic N) is 4. The van der Waals surface area contributed by atoms with Crippen LogP contribution in [0, 0.1) is 0 Å². The Morgan fingerprint density at radius 2 is 1.58 bits per heavy atom. The zero-order chi connectivity index (χ0) is 36.4. The monoisotopic (exact) mass is 739 g/mol. The summed E-state index contributed by atoms with van der Waals surface area (Å²) in [6.07, 6.45) is 6.08. The van der Waals surface area contributed by atoms with Crippen LogP contribution in [0.25, 0.3) is 39.2 Å². The van der Waals surface area contributed by atoms with Crippen molar-refractivity contribution in [2.24, 2.45) is 0 Å². The highest BCUT2D eigenvalue weighted by molar-refractivity contribution is 6.39. The summed E-state index contributed by atoms with van der Waals surface area (Å²) < 4.78 is 7.18. The molecule has 11 nitrogen and oxygen atoms in total. The van der Waals surface area contributed by atoms with E-state index in [2.05, 4.69) is 20.9 Å². The fourth-order valence-corrected chi connectivity index (χ4v) is 7.58. The van der Waals surface area contributed by atoms with Gasteiger partial charge in [-0.1, -0.05) is 65.7 Å². The van der Waals surface area contributed by atoms with Gasteiger partial charge in [-0.15, -0.1) is 0 Å². The van der Waals surface area contributed by atoms with Gasteiger partial charge >= 0.3 is 0 Å². The topological polar surface area (TPSA) is 130 Å². The van der Waals surface area contributed by atoms with Crippen molar-refractivity contribution in [1.29, 1.82) is 0 Å². The number of methoxy groups -OCH3 is 1. The van der Waals surface area contributed by atoms with E-state index in [1.807, 2.05) is 67.7 Å². The second-order valence-corrected chi connectivity index (χ2v) is 13.9. The van der Waals surface area contributed by atoms with E-state index in [1.54, 1.807) is 24.4 Å². The molecule has 0 bridgehead atoms. The lowest BCUT2D eigenvalue weighted by Gasteiger charge is -2.20. The van der Waals surface area contributed by atoms with Gasteiger partial charge in [-0.3, -0.25) is 18.8 Å². The largest absolute Gasteiger partial charge is 0.481 e. The second kappa shape index (κ2) is 15.4. The lowest BCUT2D eigenvalue weighted by Crippen LogP contribution is -2.37. The Kier molecular flexibility index (Phi) is 10.6. The Morgan fingerprint density at radius 1 is 0.865 bits per heavy atom. The number of fused-ring (bicyclic) bond motifs is 1. The first-order chi connectivity index (χ1) is 25.2. The first-order valence-corrected chi connectivity index (χ1v) is 18.1. The molecular formula is C39H39Cl2N7O4. The molecule has 5 aromatic rings. The molecule has 2 atom stereocenters.